The molecule has 1 aliphatic carbocycles. The number of aryl methyl sites for hydroxylation is 1. The van der Waals surface area contributed by atoms with Crippen molar-refractivity contribution in [2.24, 2.45) is 0 Å². The molecule has 6 heteroatoms. The van der Waals surface area contributed by atoms with Crippen LogP contribution in [0.4, 0.5) is 10.5 Å². The number of nitrogens with zero attached hydrogens (tertiary/aromatic N) is 2. The number of pyridine rings is 1. The van der Waals surface area contributed by atoms with Crippen molar-refractivity contribution >= 4 is 17.7 Å². The lowest BCUT2D eigenvalue weighted by Crippen LogP contribution is -2.38. The van der Waals surface area contributed by atoms with E-state index in [9.17, 15) is 9.59 Å². The Kier molecular flexibility index (Phi) is 3.99. The van der Waals surface area contributed by atoms with Gasteiger partial charge in [0.2, 0.25) is 0 Å². The normalized spacial score (nSPS) is 13.9. The van der Waals surface area contributed by atoms with Gasteiger partial charge in [-0.1, -0.05) is 0 Å². The minimum absolute atomic E-state index is 0.0318. The van der Waals surface area contributed by atoms with Gasteiger partial charge in [-0.25, -0.2) is 4.79 Å². The third kappa shape index (κ3) is 3.67. The third-order valence-electron chi connectivity index (χ3n) is 3.06. The molecule has 0 aromatic carbocycles. The second-order valence-corrected chi connectivity index (χ2v) is 4.63. The van der Waals surface area contributed by atoms with Crippen molar-refractivity contribution in [3.63, 3.8) is 0 Å². The van der Waals surface area contributed by atoms with Crippen LogP contribution in [0.3, 0.4) is 0 Å². The lowest BCUT2D eigenvalue weighted by molar-refractivity contribution is -0.137. The van der Waals surface area contributed by atoms with Gasteiger partial charge in [0.15, 0.2) is 0 Å². The maximum absolute atomic E-state index is 12.2. The van der Waals surface area contributed by atoms with E-state index in [2.05, 4.69) is 10.3 Å². The highest BCUT2D eigenvalue weighted by Gasteiger charge is 2.32. The SMILES string of the molecule is Cc1ncccc1NC(=O)N(CCC(=O)O)C1CC1. The Morgan fingerprint density at radius 3 is 2.84 bits per heavy atom. The van der Waals surface area contributed by atoms with E-state index < -0.39 is 5.97 Å². The summed E-state index contributed by atoms with van der Waals surface area (Å²) in [4.78, 5) is 28.5. The first-order valence-corrected chi connectivity index (χ1v) is 6.29. The first-order valence-electron chi connectivity index (χ1n) is 6.29. The maximum Gasteiger partial charge on any atom is 0.322 e. The summed E-state index contributed by atoms with van der Waals surface area (Å²) < 4.78 is 0. The highest BCUT2D eigenvalue weighted by Crippen LogP contribution is 2.27. The zero-order valence-corrected chi connectivity index (χ0v) is 10.8. The number of hydrogen-bond donors (Lipinski definition) is 2. The van der Waals surface area contributed by atoms with Crippen LogP contribution in [0.15, 0.2) is 18.3 Å². The Balaban J connectivity index is 1.99. The summed E-state index contributed by atoms with van der Waals surface area (Å²) in [6.45, 7) is 2.06. The molecule has 0 saturated heterocycles. The molecule has 2 amide bonds. The molecule has 6 nitrogen and oxygen atoms in total. The Bertz CT molecular complexity index is 486. The Hall–Kier alpha value is -2.11. The van der Waals surface area contributed by atoms with E-state index in [0.717, 1.165) is 18.5 Å². The van der Waals surface area contributed by atoms with Crippen LogP contribution in [-0.2, 0) is 4.79 Å². The van der Waals surface area contributed by atoms with Crippen LogP contribution in [0, 0.1) is 6.92 Å². The number of carbonyl (C=O) groups is 2. The predicted molar refractivity (Wildman–Crippen MR) is 70.0 cm³/mol. The first kappa shape index (κ1) is 13.3. The average molecular weight is 263 g/mol. The zero-order chi connectivity index (χ0) is 13.8. The van der Waals surface area contributed by atoms with Gasteiger partial charge in [-0.2, -0.15) is 0 Å². The number of aromatic nitrogens is 1. The van der Waals surface area contributed by atoms with Gasteiger partial charge in [-0.15, -0.1) is 0 Å². The monoisotopic (exact) mass is 263 g/mol. The summed E-state index contributed by atoms with van der Waals surface area (Å²) in [7, 11) is 0. The summed E-state index contributed by atoms with van der Waals surface area (Å²) in [5.41, 5.74) is 1.40. The molecule has 0 atom stereocenters. The minimum atomic E-state index is -0.893. The smallest absolute Gasteiger partial charge is 0.322 e. The van der Waals surface area contributed by atoms with Crippen molar-refractivity contribution < 1.29 is 14.7 Å². The Labute approximate surface area is 111 Å². The first-order chi connectivity index (χ1) is 9.08. The van der Waals surface area contributed by atoms with E-state index in [1.54, 1.807) is 23.2 Å². The number of rotatable bonds is 5. The number of anilines is 1. The molecule has 0 radical (unpaired) electrons. The van der Waals surface area contributed by atoms with Crippen LogP contribution in [0.5, 0.6) is 0 Å². The number of aliphatic carboxylic acids is 1. The van der Waals surface area contributed by atoms with Crippen molar-refractivity contribution in [2.45, 2.75) is 32.2 Å². The summed E-state index contributed by atoms with van der Waals surface area (Å²) >= 11 is 0. The highest BCUT2D eigenvalue weighted by atomic mass is 16.4. The molecule has 1 aliphatic rings. The third-order valence-corrected chi connectivity index (χ3v) is 3.06. The van der Waals surface area contributed by atoms with E-state index in [1.807, 2.05) is 6.92 Å². The van der Waals surface area contributed by atoms with Crippen molar-refractivity contribution in [3.8, 4) is 0 Å². The maximum atomic E-state index is 12.2. The van der Waals surface area contributed by atoms with Crippen molar-refractivity contribution in [3.05, 3.63) is 24.0 Å². The molecule has 102 valence electrons. The van der Waals surface area contributed by atoms with Crippen LogP contribution in [-0.4, -0.2) is 39.6 Å². The number of carboxylic acids is 1. The van der Waals surface area contributed by atoms with E-state index in [0.29, 0.717) is 5.69 Å². The molecule has 1 aromatic rings. The fourth-order valence-corrected chi connectivity index (χ4v) is 1.86. The quantitative estimate of drug-likeness (QED) is 0.849. The van der Waals surface area contributed by atoms with E-state index in [-0.39, 0.29) is 25.0 Å². The van der Waals surface area contributed by atoms with Gasteiger partial charge in [0.05, 0.1) is 17.8 Å². The molecular formula is C13H17N3O3. The second-order valence-electron chi connectivity index (χ2n) is 4.63. The van der Waals surface area contributed by atoms with Crippen LogP contribution >= 0.6 is 0 Å². The Morgan fingerprint density at radius 2 is 2.26 bits per heavy atom. The van der Waals surface area contributed by atoms with Gasteiger partial charge in [0.1, 0.15) is 0 Å². The summed E-state index contributed by atoms with van der Waals surface area (Å²) in [5, 5.41) is 11.5. The number of nitrogens with one attached hydrogen (secondary N) is 1. The van der Waals surface area contributed by atoms with Crippen LogP contribution in [0.2, 0.25) is 0 Å². The van der Waals surface area contributed by atoms with Gasteiger partial charge in [0.25, 0.3) is 0 Å². The fourth-order valence-electron chi connectivity index (χ4n) is 1.86. The molecule has 0 bridgehead atoms. The van der Waals surface area contributed by atoms with E-state index >= 15 is 0 Å². The second kappa shape index (κ2) is 5.69. The van der Waals surface area contributed by atoms with Crippen LogP contribution < -0.4 is 5.32 Å². The van der Waals surface area contributed by atoms with Crippen LogP contribution in [0.25, 0.3) is 0 Å². The molecule has 0 aliphatic heterocycles. The van der Waals surface area contributed by atoms with E-state index in [1.165, 1.54) is 0 Å². The molecule has 2 rings (SSSR count). The molecule has 2 N–H and O–H groups in total. The molecule has 0 spiro atoms. The average Bonchev–Trinajstić information content (AvgIpc) is 3.16. The number of urea groups is 1. The van der Waals surface area contributed by atoms with Gasteiger partial charge in [-0.05, 0) is 31.9 Å². The number of amides is 2. The van der Waals surface area contributed by atoms with Crippen molar-refractivity contribution in [1.82, 2.24) is 9.88 Å². The highest BCUT2D eigenvalue weighted by molar-refractivity contribution is 5.90. The molecule has 1 aromatic heterocycles. The molecule has 1 fully saturated rings. The molecular weight excluding hydrogens is 246 g/mol. The van der Waals surface area contributed by atoms with Gasteiger partial charge < -0.3 is 15.3 Å². The van der Waals surface area contributed by atoms with Gasteiger partial charge >= 0.3 is 12.0 Å². The predicted octanol–water partition coefficient (Wildman–Crippen LogP) is 1.86. The topological polar surface area (TPSA) is 82.5 Å². The number of hydrogen-bond acceptors (Lipinski definition) is 3. The summed E-state index contributed by atoms with van der Waals surface area (Å²) in [5.74, 6) is -0.893. The van der Waals surface area contributed by atoms with E-state index in [4.69, 9.17) is 5.11 Å². The lowest BCUT2D eigenvalue weighted by atomic mass is 10.3. The van der Waals surface area contributed by atoms with Crippen molar-refractivity contribution in [2.75, 3.05) is 11.9 Å². The lowest BCUT2D eigenvalue weighted by Gasteiger charge is -2.22. The molecule has 1 saturated carbocycles. The summed E-state index contributed by atoms with van der Waals surface area (Å²) in [6, 6.07) is 3.46. The molecule has 19 heavy (non-hydrogen) atoms. The van der Waals surface area contributed by atoms with Crippen molar-refractivity contribution in [1.29, 1.82) is 0 Å². The van der Waals surface area contributed by atoms with Gasteiger partial charge in [0, 0.05) is 18.8 Å². The van der Waals surface area contributed by atoms with Gasteiger partial charge in [-0.3, -0.25) is 9.78 Å². The number of carbonyl (C=O) groups excluding carboxylic acids is 1. The molecule has 0 unspecified atom stereocenters. The zero-order valence-electron chi connectivity index (χ0n) is 10.8. The largest absolute Gasteiger partial charge is 0.481 e. The minimum Gasteiger partial charge on any atom is -0.481 e. The summed E-state index contributed by atoms with van der Waals surface area (Å²) in [6.07, 6.45) is 3.52. The fraction of sp³-hybridized carbons (Fsp3) is 0.462. The number of carboxylic acid groups (broad SMARTS) is 1. The Morgan fingerprint density at radius 1 is 1.53 bits per heavy atom. The van der Waals surface area contributed by atoms with Crippen LogP contribution in [0.1, 0.15) is 25.0 Å². The standard InChI is InChI=1S/C13H17N3O3/c1-9-11(3-2-7-14-9)15-13(19)16(10-4-5-10)8-6-12(17)18/h2-3,7,10H,4-6,8H2,1H3,(H,15,19)(H,17,18). The molecule has 1 heterocycles.